The van der Waals surface area contributed by atoms with Crippen LogP contribution in [0.25, 0.3) is 10.9 Å². The van der Waals surface area contributed by atoms with Gasteiger partial charge in [0, 0.05) is 0 Å². The molecule has 0 saturated carbocycles. The van der Waals surface area contributed by atoms with Gasteiger partial charge in [-0.3, -0.25) is 10.1 Å². The van der Waals surface area contributed by atoms with E-state index in [4.69, 9.17) is 5.11 Å². The fourth-order valence-corrected chi connectivity index (χ4v) is 1.39. The Kier molecular flexibility index (Phi) is 1.89. The standard InChI is InChI=1S/C9H6N2O4/c12-9(13)5-1-2-6-7(3-5)10-4-8(6)11(14)15/h1-4,10H,(H,12,13). The predicted octanol–water partition coefficient (Wildman–Crippen LogP) is 1.77. The number of aromatic amines is 1. The lowest BCUT2D eigenvalue weighted by atomic mass is 10.1. The van der Waals surface area contributed by atoms with Crippen molar-refractivity contribution >= 4 is 22.6 Å². The van der Waals surface area contributed by atoms with Crippen LogP contribution in [-0.2, 0) is 0 Å². The Morgan fingerprint density at radius 1 is 1.47 bits per heavy atom. The number of carbonyl (C=O) groups is 1. The van der Waals surface area contributed by atoms with Crippen molar-refractivity contribution in [2.24, 2.45) is 0 Å². The third-order valence-corrected chi connectivity index (χ3v) is 2.10. The first-order valence-electron chi connectivity index (χ1n) is 4.08. The Labute approximate surface area is 83.3 Å². The molecule has 1 aromatic carbocycles. The summed E-state index contributed by atoms with van der Waals surface area (Å²) in [6.07, 6.45) is 1.25. The fourth-order valence-electron chi connectivity index (χ4n) is 1.39. The number of carboxylic acids is 1. The average molecular weight is 206 g/mol. The van der Waals surface area contributed by atoms with Gasteiger partial charge < -0.3 is 10.1 Å². The van der Waals surface area contributed by atoms with Crippen LogP contribution < -0.4 is 0 Å². The smallest absolute Gasteiger partial charge is 0.335 e. The van der Waals surface area contributed by atoms with Crippen molar-refractivity contribution in [3.63, 3.8) is 0 Å². The van der Waals surface area contributed by atoms with E-state index >= 15 is 0 Å². The monoisotopic (exact) mass is 206 g/mol. The molecule has 76 valence electrons. The van der Waals surface area contributed by atoms with Crippen molar-refractivity contribution in [2.45, 2.75) is 0 Å². The number of hydrogen-bond acceptors (Lipinski definition) is 3. The maximum atomic E-state index is 10.6. The van der Waals surface area contributed by atoms with E-state index in [0.717, 1.165) is 0 Å². The summed E-state index contributed by atoms with van der Waals surface area (Å²) in [4.78, 5) is 23.3. The van der Waals surface area contributed by atoms with E-state index in [0.29, 0.717) is 10.9 Å². The summed E-state index contributed by atoms with van der Waals surface area (Å²) in [5.74, 6) is -1.06. The van der Waals surface area contributed by atoms with Crippen LogP contribution in [0.4, 0.5) is 5.69 Å². The van der Waals surface area contributed by atoms with Gasteiger partial charge in [0.05, 0.1) is 27.6 Å². The molecule has 6 nitrogen and oxygen atoms in total. The Morgan fingerprint density at radius 2 is 2.20 bits per heavy atom. The van der Waals surface area contributed by atoms with Gasteiger partial charge >= 0.3 is 5.97 Å². The van der Waals surface area contributed by atoms with Gasteiger partial charge in [0.2, 0.25) is 0 Å². The molecule has 0 aliphatic carbocycles. The minimum Gasteiger partial charge on any atom is -0.478 e. The van der Waals surface area contributed by atoms with Crippen LogP contribution in [0.5, 0.6) is 0 Å². The third kappa shape index (κ3) is 1.41. The zero-order valence-electron chi connectivity index (χ0n) is 7.43. The Balaban J connectivity index is 2.66. The van der Waals surface area contributed by atoms with E-state index in [1.807, 2.05) is 0 Å². The van der Waals surface area contributed by atoms with Crippen LogP contribution in [0.3, 0.4) is 0 Å². The fraction of sp³-hybridized carbons (Fsp3) is 0. The number of rotatable bonds is 2. The molecule has 0 atom stereocenters. The van der Waals surface area contributed by atoms with E-state index in [1.165, 1.54) is 24.4 Å². The summed E-state index contributed by atoms with van der Waals surface area (Å²) >= 11 is 0. The first kappa shape index (κ1) is 9.20. The molecule has 0 saturated heterocycles. The van der Waals surface area contributed by atoms with Crippen LogP contribution in [0.1, 0.15) is 10.4 Å². The number of nitrogens with one attached hydrogen (secondary N) is 1. The Hall–Kier alpha value is -2.37. The molecule has 1 aromatic heterocycles. The summed E-state index contributed by atoms with van der Waals surface area (Å²) in [6, 6.07) is 4.13. The van der Waals surface area contributed by atoms with E-state index in [-0.39, 0.29) is 11.3 Å². The number of fused-ring (bicyclic) bond motifs is 1. The lowest BCUT2D eigenvalue weighted by molar-refractivity contribution is -0.383. The van der Waals surface area contributed by atoms with Crippen molar-refractivity contribution in [2.75, 3.05) is 0 Å². The third-order valence-electron chi connectivity index (χ3n) is 2.10. The van der Waals surface area contributed by atoms with E-state index in [2.05, 4.69) is 4.98 Å². The molecule has 0 aliphatic heterocycles. The second kappa shape index (κ2) is 3.09. The van der Waals surface area contributed by atoms with Crippen molar-refractivity contribution in [3.8, 4) is 0 Å². The summed E-state index contributed by atoms with van der Waals surface area (Å²) < 4.78 is 0. The van der Waals surface area contributed by atoms with Crippen molar-refractivity contribution in [1.29, 1.82) is 0 Å². The number of carboxylic acid groups (broad SMARTS) is 1. The number of nitrogens with zero attached hydrogens (tertiary/aromatic N) is 1. The van der Waals surface area contributed by atoms with Crippen LogP contribution in [0.2, 0.25) is 0 Å². The largest absolute Gasteiger partial charge is 0.478 e. The second-order valence-corrected chi connectivity index (χ2v) is 3.00. The topological polar surface area (TPSA) is 96.2 Å². The summed E-state index contributed by atoms with van der Waals surface area (Å²) in [5.41, 5.74) is 0.489. The molecule has 2 aromatic rings. The average Bonchev–Trinajstić information content (AvgIpc) is 2.59. The minimum absolute atomic E-state index is 0.0538. The normalized spacial score (nSPS) is 10.4. The van der Waals surface area contributed by atoms with Gasteiger partial charge in [-0.1, -0.05) is 0 Å². The van der Waals surface area contributed by atoms with E-state index in [1.54, 1.807) is 0 Å². The first-order chi connectivity index (χ1) is 7.09. The zero-order valence-corrected chi connectivity index (χ0v) is 7.43. The highest BCUT2D eigenvalue weighted by Crippen LogP contribution is 2.25. The Morgan fingerprint density at radius 3 is 2.80 bits per heavy atom. The number of aromatic nitrogens is 1. The molecule has 0 aliphatic rings. The molecule has 0 radical (unpaired) electrons. The highest BCUT2D eigenvalue weighted by atomic mass is 16.6. The molecule has 0 unspecified atom stereocenters. The number of aromatic carboxylic acids is 1. The van der Waals surface area contributed by atoms with Crippen molar-refractivity contribution in [1.82, 2.24) is 4.98 Å². The van der Waals surface area contributed by atoms with Gasteiger partial charge in [-0.05, 0) is 18.2 Å². The van der Waals surface area contributed by atoms with Crippen LogP contribution in [-0.4, -0.2) is 21.0 Å². The highest BCUT2D eigenvalue weighted by Gasteiger charge is 2.14. The van der Waals surface area contributed by atoms with Gasteiger partial charge in [0.25, 0.3) is 5.69 Å². The number of benzene rings is 1. The Bertz CT molecular complexity index is 558. The summed E-state index contributed by atoms with van der Waals surface area (Å²) in [7, 11) is 0. The van der Waals surface area contributed by atoms with Crippen molar-refractivity contribution < 1.29 is 14.8 Å². The molecule has 15 heavy (non-hydrogen) atoms. The lowest BCUT2D eigenvalue weighted by Gasteiger charge is -1.93. The van der Waals surface area contributed by atoms with Crippen LogP contribution >= 0.6 is 0 Å². The molecule has 0 amide bonds. The minimum atomic E-state index is -1.06. The van der Waals surface area contributed by atoms with Gasteiger partial charge in [-0.25, -0.2) is 4.79 Å². The molecule has 0 spiro atoms. The molecular weight excluding hydrogens is 200 g/mol. The van der Waals surface area contributed by atoms with E-state index in [9.17, 15) is 14.9 Å². The molecule has 0 bridgehead atoms. The zero-order chi connectivity index (χ0) is 11.0. The maximum Gasteiger partial charge on any atom is 0.335 e. The maximum absolute atomic E-state index is 10.6. The van der Waals surface area contributed by atoms with Crippen LogP contribution in [0, 0.1) is 10.1 Å². The SMILES string of the molecule is O=C(O)c1ccc2c([N+](=O)[O-])c[nH]c2c1. The van der Waals surface area contributed by atoms with Crippen LogP contribution in [0.15, 0.2) is 24.4 Å². The number of nitro groups is 1. The molecule has 0 fully saturated rings. The molecular formula is C9H6N2O4. The lowest BCUT2D eigenvalue weighted by Crippen LogP contribution is -1.95. The molecule has 1 heterocycles. The van der Waals surface area contributed by atoms with Gasteiger partial charge in [-0.15, -0.1) is 0 Å². The number of hydrogen-bond donors (Lipinski definition) is 2. The predicted molar refractivity (Wildman–Crippen MR) is 51.9 cm³/mol. The summed E-state index contributed by atoms with van der Waals surface area (Å²) in [5, 5.41) is 19.7. The first-order valence-corrected chi connectivity index (χ1v) is 4.08. The molecule has 2 N–H and O–H groups in total. The van der Waals surface area contributed by atoms with Gasteiger partial charge in [0.1, 0.15) is 0 Å². The van der Waals surface area contributed by atoms with E-state index < -0.39 is 10.9 Å². The molecule has 6 heteroatoms. The van der Waals surface area contributed by atoms with Gasteiger partial charge in [0.15, 0.2) is 0 Å². The molecule has 2 rings (SSSR count). The highest BCUT2D eigenvalue weighted by molar-refractivity contribution is 5.96. The van der Waals surface area contributed by atoms with Crippen molar-refractivity contribution in [3.05, 3.63) is 40.1 Å². The second-order valence-electron chi connectivity index (χ2n) is 3.00. The number of H-pyrrole nitrogens is 1. The quantitative estimate of drug-likeness (QED) is 0.578. The summed E-state index contributed by atoms with van der Waals surface area (Å²) in [6.45, 7) is 0. The van der Waals surface area contributed by atoms with Gasteiger partial charge in [-0.2, -0.15) is 0 Å².